The SMILES string of the molecule is C[C@]12CC(N3CCCC3)CC=C1CC[C@@H]1[C@H]2CC[C@]2(C)C(O)(c3ccoc3)CC[C@@]12O. The Balaban J connectivity index is 1.34. The van der Waals surface area contributed by atoms with Crippen LogP contribution < -0.4 is 0 Å². The maximum Gasteiger partial charge on any atom is 0.101 e. The molecule has 4 nitrogen and oxygen atoms in total. The minimum absolute atomic E-state index is 0.196. The quantitative estimate of drug-likeness (QED) is 0.654. The number of aliphatic hydroxyl groups is 2. The first-order valence-corrected chi connectivity index (χ1v) is 12.7. The number of fused-ring (bicyclic) bond motifs is 5. The molecule has 0 amide bonds. The highest BCUT2D eigenvalue weighted by molar-refractivity contribution is 5.33. The summed E-state index contributed by atoms with van der Waals surface area (Å²) in [5.74, 6) is 0.786. The molecule has 2 N–H and O–H groups in total. The lowest BCUT2D eigenvalue weighted by Crippen LogP contribution is -2.63. The van der Waals surface area contributed by atoms with E-state index in [9.17, 15) is 10.2 Å². The van der Waals surface area contributed by atoms with Crippen molar-refractivity contribution in [3.05, 3.63) is 35.8 Å². The zero-order valence-corrected chi connectivity index (χ0v) is 19.3. The van der Waals surface area contributed by atoms with Gasteiger partial charge in [0, 0.05) is 17.0 Å². The highest BCUT2D eigenvalue weighted by Gasteiger charge is 2.71. The number of hydrogen-bond acceptors (Lipinski definition) is 4. The minimum Gasteiger partial charge on any atom is -0.472 e. The molecule has 0 bridgehead atoms. The minimum atomic E-state index is -0.999. The Morgan fingerprint density at radius 2 is 1.84 bits per heavy atom. The number of hydrogen-bond donors (Lipinski definition) is 2. The van der Waals surface area contributed by atoms with E-state index in [1.54, 1.807) is 18.1 Å². The van der Waals surface area contributed by atoms with Gasteiger partial charge in [-0.15, -0.1) is 0 Å². The van der Waals surface area contributed by atoms with Gasteiger partial charge < -0.3 is 19.5 Å². The summed E-state index contributed by atoms with van der Waals surface area (Å²) < 4.78 is 5.35. The summed E-state index contributed by atoms with van der Waals surface area (Å²) in [6.45, 7) is 7.20. The van der Waals surface area contributed by atoms with E-state index in [2.05, 4.69) is 24.8 Å². The molecule has 5 aliphatic rings. The standard InChI is InChI=1S/C27H39NO3/c1-24-17-21(28-14-3-4-15-28)7-5-19(24)6-8-23-22(24)9-11-25(2)26(29,12-13-27(23,25)30)20-10-16-31-18-20/h5,10,16,18,21-23,29-30H,3-4,6-9,11-15,17H2,1-2H3/t21?,22-,23-,24+,25-,26?,27-/m1/s1. The highest BCUT2D eigenvalue weighted by Crippen LogP contribution is 2.71. The molecule has 0 spiro atoms. The van der Waals surface area contributed by atoms with E-state index in [1.165, 1.54) is 38.8 Å². The molecule has 7 atom stereocenters. The van der Waals surface area contributed by atoms with Crippen molar-refractivity contribution in [2.75, 3.05) is 13.1 Å². The van der Waals surface area contributed by atoms with E-state index in [1.807, 2.05) is 6.07 Å². The second kappa shape index (κ2) is 6.71. The molecule has 4 fully saturated rings. The van der Waals surface area contributed by atoms with Crippen LogP contribution in [0, 0.1) is 22.7 Å². The Labute approximate surface area is 186 Å². The highest BCUT2D eigenvalue weighted by atomic mass is 16.3. The number of allylic oxidation sites excluding steroid dienone is 1. The predicted octanol–water partition coefficient (Wildman–Crippen LogP) is 5.01. The van der Waals surface area contributed by atoms with Crippen molar-refractivity contribution < 1.29 is 14.6 Å². The van der Waals surface area contributed by atoms with E-state index in [-0.39, 0.29) is 11.3 Å². The molecule has 0 radical (unpaired) electrons. The lowest BCUT2D eigenvalue weighted by atomic mass is 9.44. The number of rotatable bonds is 2. The molecule has 4 heteroatoms. The topological polar surface area (TPSA) is 56.8 Å². The van der Waals surface area contributed by atoms with Crippen LogP contribution in [0.1, 0.15) is 83.6 Å². The third-order valence-corrected chi connectivity index (χ3v) is 11.0. The zero-order valence-electron chi connectivity index (χ0n) is 19.3. The predicted molar refractivity (Wildman–Crippen MR) is 120 cm³/mol. The largest absolute Gasteiger partial charge is 0.472 e. The maximum atomic E-state index is 12.4. The Morgan fingerprint density at radius 3 is 2.58 bits per heavy atom. The molecule has 2 heterocycles. The lowest BCUT2D eigenvalue weighted by Gasteiger charge is -2.63. The van der Waals surface area contributed by atoms with Crippen LogP contribution in [0.3, 0.4) is 0 Å². The molecule has 1 aliphatic heterocycles. The Kier molecular flexibility index (Phi) is 4.44. The molecule has 1 aromatic rings. The monoisotopic (exact) mass is 425 g/mol. The maximum absolute atomic E-state index is 12.4. The summed E-state index contributed by atoms with van der Waals surface area (Å²) in [6, 6.07) is 2.57. The molecule has 3 saturated carbocycles. The molecule has 4 aliphatic carbocycles. The molecule has 170 valence electrons. The van der Waals surface area contributed by atoms with Gasteiger partial charge in [-0.25, -0.2) is 0 Å². The van der Waals surface area contributed by atoms with Crippen LogP contribution in [-0.2, 0) is 5.60 Å². The van der Waals surface area contributed by atoms with Crippen LogP contribution in [0.2, 0.25) is 0 Å². The second-order valence-corrected chi connectivity index (χ2v) is 11.9. The van der Waals surface area contributed by atoms with E-state index in [0.29, 0.717) is 24.8 Å². The third kappa shape index (κ3) is 2.53. The van der Waals surface area contributed by atoms with Crippen LogP contribution in [0.15, 0.2) is 34.7 Å². The van der Waals surface area contributed by atoms with E-state index < -0.39 is 16.6 Å². The van der Waals surface area contributed by atoms with Crippen molar-refractivity contribution in [1.82, 2.24) is 4.90 Å². The summed E-state index contributed by atoms with van der Waals surface area (Å²) in [5.41, 5.74) is 0.379. The Hall–Kier alpha value is -1.10. The fourth-order valence-corrected chi connectivity index (χ4v) is 9.13. The molecule has 31 heavy (non-hydrogen) atoms. The van der Waals surface area contributed by atoms with Gasteiger partial charge in [-0.1, -0.05) is 25.5 Å². The van der Waals surface area contributed by atoms with E-state index in [4.69, 9.17) is 4.42 Å². The molecular formula is C27H39NO3. The van der Waals surface area contributed by atoms with Crippen molar-refractivity contribution in [2.24, 2.45) is 22.7 Å². The molecule has 6 rings (SSSR count). The molecule has 2 unspecified atom stereocenters. The fourth-order valence-electron chi connectivity index (χ4n) is 9.13. The Morgan fingerprint density at radius 1 is 1.03 bits per heavy atom. The van der Waals surface area contributed by atoms with Crippen LogP contribution in [0.25, 0.3) is 0 Å². The van der Waals surface area contributed by atoms with Gasteiger partial charge in [-0.05, 0) is 101 Å². The van der Waals surface area contributed by atoms with Crippen LogP contribution in [0.4, 0.5) is 0 Å². The van der Waals surface area contributed by atoms with Crippen LogP contribution >= 0.6 is 0 Å². The number of furan rings is 1. The smallest absolute Gasteiger partial charge is 0.101 e. The van der Waals surface area contributed by atoms with Crippen molar-refractivity contribution >= 4 is 0 Å². The number of likely N-dealkylation sites (tertiary alicyclic amines) is 1. The van der Waals surface area contributed by atoms with Gasteiger partial charge in [0.25, 0.3) is 0 Å². The van der Waals surface area contributed by atoms with Gasteiger partial charge in [0.2, 0.25) is 0 Å². The summed E-state index contributed by atoms with van der Waals surface area (Å²) in [7, 11) is 0. The molecule has 1 aromatic heterocycles. The normalized spacial score (nSPS) is 49.9. The van der Waals surface area contributed by atoms with E-state index in [0.717, 1.165) is 31.2 Å². The van der Waals surface area contributed by atoms with Gasteiger partial charge in [-0.3, -0.25) is 0 Å². The first-order valence-electron chi connectivity index (χ1n) is 12.7. The zero-order chi connectivity index (χ0) is 21.5. The second-order valence-electron chi connectivity index (χ2n) is 11.9. The molecule has 1 saturated heterocycles. The van der Waals surface area contributed by atoms with Gasteiger partial charge in [0.05, 0.1) is 18.1 Å². The summed E-state index contributed by atoms with van der Waals surface area (Å²) in [5, 5.41) is 24.3. The summed E-state index contributed by atoms with van der Waals surface area (Å²) in [6.07, 6.45) is 16.6. The lowest BCUT2D eigenvalue weighted by molar-refractivity contribution is -0.222. The molecular weight excluding hydrogens is 386 g/mol. The number of nitrogens with zero attached hydrogens (tertiary/aromatic N) is 1. The average molecular weight is 426 g/mol. The van der Waals surface area contributed by atoms with Crippen LogP contribution in [-0.4, -0.2) is 39.8 Å². The Bertz CT molecular complexity index is 873. The third-order valence-electron chi connectivity index (χ3n) is 11.0. The van der Waals surface area contributed by atoms with Crippen molar-refractivity contribution in [2.45, 2.75) is 95.3 Å². The average Bonchev–Trinajstić information content (AvgIpc) is 3.50. The van der Waals surface area contributed by atoms with Crippen molar-refractivity contribution in [1.29, 1.82) is 0 Å². The summed E-state index contributed by atoms with van der Waals surface area (Å²) >= 11 is 0. The van der Waals surface area contributed by atoms with Crippen molar-refractivity contribution in [3.8, 4) is 0 Å². The summed E-state index contributed by atoms with van der Waals surface area (Å²) in [4.78, 5) is 2.73. The van der Waals surface area contributed by atoms with Gasteiger partial charge >= 0.3 is 0 Å². The fraction of sp³-hybridized carbons (Fsp3) is 0.778. The van der Waals surface area contributed by atoms with Gasteiger partial charge in [0.1, 0.15) is 5.60 Å². The van der Waals surface area contributed by atoms with Gasteiger partial charge in [-0.2, -0.15) is 0 Å². The molecule has 0 aromatic carbocycles. The van der Waals surface area contributed by atoms with E-state index >= 15 is 0 Å². The van der Waals surface area contributed by atoms with Gasteiger partial charge in [0.15, 0.2) is 0 Å². The first-order chi connectivity index (χ1) is 14.8. The van der Waals surface area contributed by atoms with Crippen LogP contribution in [0.5, 0.6) is 0 Å². The first kappa shape index (κ1) is 20.5. The van der Waals surface area contributed by atoms with Crippen molar-refractivity contribution in [3.63, 3.8) is 0 Å².